The summed E-state index contributed by atoms with van der Waals surface area (Å²) in [5.41, 5.74) is 6.37. The van der Waals surface area contributed by atoms with E-state index >= 15 is 0 Å². The molecule has 1 rings (SSSR count). The smallest absolute Gasteiger partial charge is 0.147 e. The summed E-state index contributed by atoms with van der Waals surface area (Å²) in [6, 6.07) is 6.73. The minimum Gasteiger partial charge on any atom is -0.492 e. The van der Waals surface area contributed by atoms with Gasteiger partial charge in [0, 0.05) is 11.9 Å². The maximum absolute atomic E-state index is 10.9. The zero-order valence-electron chi connectivity index (χ0n) is 9.51. The van der Waals surface area contributed by atoms with Gasteiger partial charge in [-0.3, -0.25) is 0 Å². The molecule has 92 valence electrons. The van der Waals surface area contributed by atoms with Gasteiger partial charge in [-0.2, -0.15) is 5.26 Å². The lowest BCUT2D eigenvalue weighted by atomic mass is 10.2. The molecule has 0 aliphatic heterocycles. The van der Waals surface area contributed by atoms with Crippen LogP contribution in [0.5, 0.6) is 5.75 Å². The van der Waals surface area contributed by atoms with Crippen LogP contribution in [0, 0.1) is 11.3 Å². The van der Waals surface area contributed by atoms with E-state index < -0.39 is 9.84 Å². The number of rotatable bonds is 5. The van der Waals surface area contributed by atoms with Crippen molar-refractivity contribution in [1.29, 1.82) is 5.26 Å². The molecule has 0 heterocycles. The van der Waals surface area contributed by atoms with Crippen molar-refractivity contribution in [3.8, 4) is 11.8 Å². The lowest BCUT2D eigenvalue weighted by Gasteiger charge is -2.07. The van der Waals surface area contributed by atoms with Crippen LogP contribution in [0.25, 0.3) is 0 Å². The molecule has 5 nitrogen and oxygen atoms in total. The molecule has 0 fully saturated rings. The van der Waals surface area contributed by atoms with Gasteiger partial charge < -0.3 is 10.5 Å². The number of nitrogen functional groups attached to an aromatic ring is 1. The standard InChI is InChI=1S/C11H14N2O3S/c1-17(14,15)6-2-5-16-11-4-3-10(13)7-9(11)8-12/h3-4,7H,2,5-6,13H2,1H3. The lowest BCUT2D eigenvalue weighted by molar-refractivity contribution is 0.317. The number of anilines is 1. The molecule has 0 bridgehead atoms. The summed E-state index contributed by atoms with van der Waals surface area (Å²) in [6.07, 6.45) is 1.57. The highest BCUT2D eigenvalue weighted by atomic mass is 32.2. The number of sulfone groups is 1. The molecule has 0 saturated carbocycles. The van der Waals surface area contributed by atoms with E-state index in [2.05, 4.69) is 0 Å². The minimum atomic E-state index is -2.97. The van der Waals surface area contributed by atoms with Crippen LogP contribution in [0.1, 0.15) is 12.0 Å². The van der Waals surface area contributed by atoms with Crippen LogP contribution in [-0.2, 0) is 9.84 Å². The third-order valence-electron chi connectivity index (χ3n) is 2.04. The molecule has 0 amide bonds. The third-order valence-corrected chi connectivity index (χ3v) is 3.07. The summed E-state index contributed by atoms with van der Waals surface area (Å²) in [4.78, 5) is 0. The quantitative estimate of drug-likeness (QED) is 0.623. The van der Waals surface area contributed by atoms with Gasteiger partial charge in [0.2, 0.25) is 0 Å². The number of hydrogen-bond donors (Lipinski definition) is 1. The summed E-state index contributed by atoms with van der Waals surface area (Å²) in [6.45, 7) is 0.256. The van der Waals surface area contributed by atoms with Gasteiger partial charge in [-0.15, -0.1) is 0 Å². The van der Waals surface area contributed by atoms with Crippen LogP contribution in [0.15, 0.2) is 18.2 Å². The second-order valence-corrected chi connectivity index (χ2v) is 5.96. The normalized spacial score (nSPS) is 10.8. The second-order valence-electron chi connectivity index (χ2n) is 3.70. The number of nitrogens with two attached hydrogens (primary N) is 1. The van der Waals surface area contributed by atoms with Crippen molar-refractivity contribution >= 4 is 15.5 Å². The highest BCUT2D eigenvalue weighted by molar-refractivity contribution is 7.90. The van der Waals surface area contributed by atoms with Crippen molar-refractivity contribution in [2.75, 3.05) is 24.3 Å². The van der Waals surface area contributed by atoms with Crippen molar-refractivity contribution in [2.45, 2.75) is 6.42 Å². The fraction of sp³-hybridized carbons (Fsp3) is 0.364. The van der Waals surface area contributed by atoms with E-state index in [1.807, 2.05) is 6.07 Å². The van der Waals surface area contributed by atoms with Crippen molar-refractivity contribution in [1.82, 2.24) is 0 Å². The Bertz CT molecular complexity index is 532. The van der Waals surface area contributed by atoms with Gasteiger partial charge in [0.25, 0.3) is 0 Å². The Morgan fingerprint density at radius 1 is 1.47 bits per heavy atom. The van der Waals surface area contributed by atoms with E-state index in [4.69, 9.17) is 15.7 Å². The summed E-state index contributed by atoms with van der Waals surface area (Å²) >= 11 is 0. The van der Waals surface area contributed by atoms with Gasteiger partial charge in [-0.1, -0.05) is 0 Å². The molecular formula is C11H14N2O3S. The van der Waals surface area contributed by atoms with E-state index in [-0.39, 0.29) is 12.4 Å². The monoisotopic (exact) mass is 254 g/mol. The first-order valence-corrected chi connectivity index (χ1v) is 7.08. The topological polar surface area (TPSA) is 93.2 Å². The van der Waals surface area contributed by atoms with E-state index in [9.17, 15) is 8.42 Å². The number of ether oxygens (including phenoxy) is 1. The van der Waals surface area contributed by atoms with Crippen molar-refractivity contribution in [3.05, 3.63) is 23.8 Å². The molecule has 0 spiro atoms. The predicted molar refractivity (Wildman–Crippen MR) is 65.4 cm³/mol. The number of benzene rings is 1. The number of nitrogens with zero attached hydrogens (tertiary/aromatic N) is 1. The molecule has 0 aromatic heterocycles. The summed E-state index contributed by atoms with van der Waals surface area (Å²) < 4.78 is 27.1. The molecule has 0 aliphatic carbocycles. The van der Waals surface area contributed by atoms with Crippen LogP contribution < -0.4 is 10.5 Å². The van der Waals surface area contributed by atoms with Crippen LogP contribution >= 0.6 is 0 Å². The first-order valence-electron chi connectivity index (χ1n) is 5.02. The average molecular weight is 254 g/mol. The Labute approximate surface area is 101 Å². The molecular weight excluding hydrogens is 240 g/mol. The molecule has 0 radical (unpaired) electrons. The molecule has 1 aromatic rings. The molecule has 1 aromatic carbocycles. The van der Waals surface area contributed by atoms with Gasteiger partial charge in [0.1, 0.15) is 21.7 Å². The fourth-order valence-electron chi connectivity index (χ4n) is 1.26. The molecule has 0 atom stereocenters. The maximum atomic E-state index is 10.9. The van der Waals surface area contributed by atoms with Gasteiger partial charge in [0.05, 0.1) is 17.9 Å². The van der Waals surface area contributed by atoms with Gasteiger partial charge >= 0.3 is 0 Å². The largest absolute Gasteiger partial charge is 0.492 e. The van der Waals surface area contributed by atoms with Gasteiger partial charge in [-0.05, 0) is 24.6 Å². The predicted octanol–water partition coefficient (Wildman–Crippen LogP) is 0.954. The molecule has 6 heteroatoms. The summed E-state index contributed by atoms with van der Waals surface area (Å²) in [7, 11) is -2.97. The van der Waals surface area contributed by atoms with E-state index in [1.165, 1.54) is 12.3 Å². The van der Waals surface area contributed by atoms with E-state index in [0.29, 0.717) is 23.4 Å². The van der Waals surface area contributed by atoms with Crippen molar-refractivity contribution < 1.29 is 13.2 Å². The zero-order chi connectivity index (χ0) is 12.9. The summed E-state index contributed by atoms with van der Waals surface area (Å²) in [5, 5.41) is 8.85. The first kappa shape index (κ1) is 13.3. The van der Waals surface area contributed by atoms with Crippen molar-refractivity contribution in [2.24, 2.45) is 0 Å². The average Bonchev–Trinajstić information content (AvgIpc) is 2.24. The third kappa shape index (κ3) is 4.74. The Hall–Kier alpha value is -1.74. The van der Waals surface area contributed by atoms with Crippen LogP contribution in [0.2, 0.25) is 0 Å². The van der Waals surface area contributed by atoms with Gasteiger partial charge in [-0.25, -0.2) is 8.42 Å². The Kier molecular flexibility index (Phi) is 4.35. The highest BCUT2D eigenvalue weighted by Crippen LogP contribution is 2.20. The molecule has 17 heavy (non-hydrogen) atoms. The molecule has 0 saturated heterocycles. The molecule has 2 N–H and O–H groups in total. The first-order chi connectivity index (χ1) is 7.92. The van der Waals surface area contributed by atoms with Crippen LogP contribution in [0.4, 0.5) is 5.69 Å². The lowest BCUT2D eigenvalue weighted by Crippen LogP contribution is -2.08. The van der Waals surface area contributed by atoms with E-state index in [1.54, 1.807) is 12.1 Å². The number of hydrogen-bond acceptors (Lipinski definition) is 5. The molecule has 0 aliphatic rings. The summed E-state index contributed by atoms with van der Waals surface area (Å²) in [5.74, 6) is 0.499. The van der Waals surface area contributed by atoms with Crippen LogP contribution in [0.3, 0.4) is 0 Å². The van der Waals surface area contributed by atoms with Gasteiger partial charge in [0.15, 0.2) is 0 Å². The Balaban J connectivity index is 2.56. The Morgan fingerprint density at radius 2 is 2.18 bits per heavy atom. The van der Waals surface area contributed by atoms with Crippen molar-refractivity contribution in [3.63, 3.8) is 0 Å². The highest BCUT2D eigenvalue weighted by Gasteiger charge is 2.05. The fourth-order valence-corrected chi connectivity index (χ4v) is 1.91. The van der Waals surface area contributed by atoms with Crippen LogP contribution in [-0.4, -0.2) is 27.0 Å². The zero-order valence-corrected chi connectivity index (χ0v) is 10.3. The maximum Gasteiger partial charge on any atom is 0.147 e. The Morgan fingerprint density at radius 3 is 2.76 bits per heavy atom. The van der Waals surface area contributed by atoms with E-state index in [0.717, 1.165) is 0 Å². The second kappa shape index (κ2) is 5.55. The molecule has 0 unspecified atom stereocenters. The number of nitriles is 1. The SMILES string of the molecule is CS(=O)(=O)CCCOc1ccc(N)cc1C#N. The minimum absolute atomic E-state index is 0.0733.